The summed E-state index contributed by atoms with van der Waals surface area (Å²) in [6, 6.07) is 0. The first-order chi connectivity index (χ1) is 15.8. The number of rotatable bonds is 5. The molecule has 4 aliphatic rings. The summed E-state index contributed by atoms with van der Waals surface area (Å²) < 4.78 is 23.0. The predicted molar refractivity (Wildman–Crippen MR) is 119 cm³/mol. The van der Waals surface area contributed by atoms with E-state index in [1.54, 1.807) is 27.7 Å². The minimum atomic E-state index is -2.12. The molecule has 7 nitrogen and oxygen atoms in total. The third kappa shape index (κ3) is 2.90. The number of Topliss-reactive ketones (excluding diaryl/α,β-unsaturated/α-hetero) is 1. The molecular weight excluding hydrogens is 443 g/mol. The zero-order valence-electron chi connectivity index (χ0n) is 20.1. The number of hydrogen-bond donors (Lipinski definition) is 2. The SMILES string of the molecule is CCCC(=O)O[C@]1(C(=O)C(=O)O)[C@H](C)C[C@H]2[C@@H]3CCC4=CC(=O)C=C[C@]4(C)[C@@]3(F)[C@@H](O)C[C@@]21C. The van der Waals surface area contributed by atoms with Crippen LogP contribution in [0.2, 0.25) is 0 Å². The number of aliphatic hydroxyl groups is 1. The number of halogens is 1. The van der Waals surface area contributed by atoms with Gasteiger partial charge in [0.1, 0.15) is 0 Å². The van der Waals surface area contributed by atoms with Crippen molar-refractivity contribution in [3.63, 3.8) is 0 Å². The Bertz CT molecular complexity index is 1020. The van der Waals surface area contributed by atoms with Gasteiger partial charge in [-0.05, 0) is 57.1 Å². The van der Waals surface area contributed by atoms with Crippen molar-refractivity contribution in [3.05, 3.63) is 23.8 Å². The second kappa shape index (κ2) is 7.83. The van der Waals surface area contributed by atoms with Gasteiger partial charge in [-0.3, -0.25) is 14.4 Å². The van der Waals surface area contributed by atoms with Gasteiger partial charge >= 0.3 is 11.9 Å². The van der Waals surface area contributed by atoms with Gasteiger partial charge in [-0.1, -0.05) is 32.4 Å². The highest BCUT2D eigenvalue weighted by atomic mass is 19.1. The molecule has 34 heavy (non-hydrogen) atoms. The molecule has 0 heterocycles. The first kappa shape index (κ1) is 24.8. The highest BCUT2D eigenvalue weighted by molar-refractivity contribution is 6.36. The van der Waals surface area contributed by atoms with Gasteiger partial charge in [-0.15, -0.1) is 0 Å². The van der Waals surface area contributed by atoms with Crippen LogP contribution in [-0.4, -0.2) is 51.1 Å². The van der Waals surface area contributed by atoms with E-state index in [9.17, 15) is 29.4 Å². The molecule has 0 bridgehead atoms. The molecule has 8 atom stereocenters. The monoisotopic (exact) mass is 476 g/mol. The van der Waals surface area contributed by atoms with E-state index in [0.717, 1.165) is 0 Å². The number of allylic oxidation sites excluding steroid dienone is 4. The number of aliphatic carboxylic acids is 1. The van der Waals surface area contributed by atoms with Gasteiger partial charge in [0.05, 0.1) is 6.10 Å². The van der Waals surface area contributed by atoms with E-state index in [0.29, 0.717) is 24.8 Å². The largest absolute Gasteiger partial charge is 0.475 e. The number of aliphatic hydroxyl groups excluding tert-OH is 1. The molecule has 0 aliphatic heterocycles. The summed E-state index contributed by atoms with van der Waals surface area (Å²) in [5, 5.41) is 21.1. The summed E-state index contributed by atoms with van der Waals surface area (Å²) in [6.45, 7) is 6.80. The van der Waals surface area contributed by atoms with Crippen LogP contribution in [0.3, 0.4) is 0 Å². The Morgan fingerprint density at radius 3 is 2.53 bits per heavy atom. The fraction of sp³-hybridized carbons (Fsp3) is 0.692. The Kier molecular flexibility index (Phi) is 5.71. The average molecular weight is 477 g/mol. The second-order valence-corrected chi connectivity index (χ2v) is 11.0. The zero-order chi connectivity index (χ0) is 25.3. The number of esters is 1. The lowest BCUT2D eigenvalue weighted by molar-refractivity contribution is -0.228. The molecule has 0 aromatic rings. The summed E-state index contributed by atoms with van der Waals surface area (Å²) in [6.07, 6.45) is 4.08. The summed E-state index contributed by atoms with van der Waals surface area (Å²) in [4.78, 5) is 49.8. The maximum Gasteiger partial charge on any atom is 0.376 e. The van der Waals surface area contributed by atoms with Gasteiger partial charge < -0.3 is 14.9 Å². The van der Waals surface area contributed by atoms with Gasteiger partial charge in [-0.2, -0.15) is 0 Å². The van der Waals surface area contributed by atoms with Gasteiger partial charge in [0.25, 0.3) is 5.78 Å². The molecule has 0 amide bonds. The fourth-order valence-corrected chi connectivity index (χ4v) is 7.87. The molecule has 0 saturated heterocycles. The van der Waals surface area contributed by atoms with Crippen molar-refractivity contribution in [1.82, 2.24) is 0 Å². The predicted octanol–water partition coefficient (Wildman–Crippen LogP) is 3.34. The number of carbonyl (C=O) groups excluding carboxylic acids is 3. The van der Waals surface area contributed by atoms with Crippen LogP contribution < -0.4 is 0 Å². The van der Waals surface area contributed by atoms with E-state index in [4.69, 9.17) is 4.74 Å². The minimum Gasteiger partial charge on any atom is -0.475 e. The van der Waals surface area contributed by atoms with Crippen LogP contribution in [0.5, 0.6) is 0 Å². The topological polar surface area (TPSA) is 118 Å². The van der Waals surface area contributed by atoms with Crippen LogP contribution in [0.4, 0.5) is 4.39 Å². The minimum absolute atomic E-state index is 0.0200. The quantitative estimate of drug-likeness (QED) is 0.462. The van der Waals surface area contributed by atoms with Crippen LogP contribution in [0.1, 0.15) is 66.2 Å². The maximum absolute atomic E-state index is 17.2. The van der Waals surface area contributed by atoms with Crippen LogP contribution in [-0.2, 0) is 23.9 Å². The number of carboxylic acids is 1. The summed E-state index contributed by atoms with van der Waals surface area (Å²) in [5.74, 6) is -5.71. The van der Waals surface area contributed by atoms with Gasteiger partial charge in [-0.25, -0.2) is 9.18 Å². The van der Waals surface area contributed by atoms with E-state index >= 15 is 4.39 Å². The van der Waals surface area contributed by atoms with Crippen molar-refractivity contribution in [1.29, 1.82) is 0 Å². The number of ketones is 2. The first-order valence-corrected chi connectivity index (χ1v) is 12.1. The molecule has 0 radical (unpaired) electrons. The van der Waals surface area contributed by atoms with Crippen LogP contribution in [0.25, 0.3) is 0 Å². The molecule has 0 aromatic carbocycles. The van der Waals surface area contributed by atoms with Crippen molar-refractivity contribution >= 4 is 23.5 Å². The molecule has 3 fully saturated rings. The molecule has 2 N–H and O–H groups in total. The van der Waals surface area contributed by atoms with Gasteiger partial charge in [0.15, 0.2) is 17.1 Å². The van der Waals surface area contributed by atoms with Crippen molar-refractivity contribution in [2.45, 2.75) is 83.6 Å². The maximum atomic E-state index is 17.2. The lowest BCUT2D eigenvalue weighted by Gasteiger charge is -2.62. The molecule has 0 spiro atoms. The highest BCUT2D eigenvalue weighted by Crippen LogP contribution is 2.71. The van der Waals surface area contributed by atoms with E-state index in [1.165, 1.54) is 18.2 Å². The van der Waals surface area contributed by atoms with Crippen molar-refractivity contribution in [3.8, 4) is 0 Å². The van der Waals surface area contributed by atoms with E-state index < -0.39 is 63.7 Å². The average Bonchev–Trinajstić information content (AvgIpc) is 2.96. The Balaban J connectivity index is 1.85. The van der Waals surface area contributed by atoms with Crippen molar-refractivity contribution < 1.29 is 38.5 Å². The standard InChI is InChI=1S/C26H33FO7/c1-5-6-20(30)34-26(21(31)22(32)33)14(2)11-18-17-8-7-15-12-16(28)9-10-23(15,3)25(17,27)19(29)13-24(18,26)4/h9-10,12,14,17-19,29H,5-8,11,13H2,1-4H3,(H,32,33)/t14-,17+,18+,19+,23+,24+,25+,26+/m1/s1. The van der Waals surface area contributed by atoms with Crippen LogP contribution in [0.15, 0.2) is 23.8 Å². The molecule has 3 saturated carbocycles. The number of carboxylic acid groups (broad SMARTS) is 1. The van der Waals surface area contributed by atoms with Gasteiger partial charge in [0.2, 0.25) is 0 Å². The number of carbonyl (C=O) groups is 4. The number of fused-ring (bicyclic) bond motifs is 5. The smallest absolute Gasteiger partial charge is 0.376 e. The Morgan fingerprint density at radius 1 is 1.24 bits per heavy atom. The van der Waals surface area contributed by atoms with Gasteiger partial charge in [0, 0.05) is 29.1 Å². The molecule has 186 valence electrons. The number of ether oxygens (including phenoxy) is 1. The van der Waals surface area contributed by atoms with Crippen LogP contribution >= 0.6 is 0 Å². The molecule has 0 unspecified atom stereocenters. The Hall–Kier alpha value is -2.35. The molecule has 0 aromatic heterocycles. The first-order valence-electron chi connectivity index (χ1n) is 12.1. The van der Waals surface area contributed by atoms with Crippen molar-refractivity contribution in [2.75, 3.05) is 0 Å². The molecule has 4 aliphatic carbocycles. The molecule has 8 heteroatoms. The summed E-state index contributed by atoms with van der Waals surface area (Å²) in [5.41, 5.74) is -5.94. The Labute approximate surface area is 198 Å². The summed E-state index contributed by atoms with van der Waals surface area (Å²) >= 11 is 0. The lowest BCUT2D eigenvalue weighted by Crippen LogP contribution is -2.70. The summed E-state index contributed by atoms with van der Waals surface area (Å²) in [7, 11) is 0. The Morgan fingerprint density at radius 2 is 1.91 bits per heavy atom. The second-order valence-electron chi connectivity index (χ2n) is 11.0. The normalized spacial score (nSPS) is 45.0. The number of hydrogen-bond acceptors (Lipinski definition) is 6. The van der Waals surface area contributed by atoms with Crippen molar-refractivity contribution in [2.24, 2.45) is 28.6 Å². The lowest BCUT2D eigenvalue weighted by atomic mass is 9.44. The zero-order valence-corrected chi connectivity index (χ0v) is 20.1. The third-order valence-electron chi connectivity index (χ3n) is 9.44. The van der Waals surface area contributed by atoms with E-state index in [1.807, 2.05) is 0 Å². The fourth-order valence-electron chi connectivity index (χ4n) is 7.87. The number of alkyl halides is 1. The molecule has 4 rings (SSSR count). The van der Waals surface area contributed by atoms with E-state index in [2.05, 4.69) is 0 Å². The third-order valence-corrected chi connectivity index (χ3v) is 9.44. The molecular formula is C26H33FO7. The highest BCUT2D eigenvalue weighted by Gasteiger charge is 2.78. The van der Waals surface area contributed by atoms with Crippen LogP contribution in [0, 0.1) is 28.6 Å². The van der Waals surface area contributed by atoms with E-state index in [-0.39, 0.29) is 25.0 Å².